The van der Waals surface area contributed by atoms with E-state index in [1.54, 1.807) is 0 Å². The number of pyridine rings is 1. The van der Waals surface area contributed by atoms with Gasteiger partial charge in [-0.1, -0.05) is 48.5 Å². The van der Waals surface area contributed by atoms with Gasteiger partial charge in [0.1, 0.15) is 12.7 Å². The van der Waals surface area contributed by atoms with Gasteiger partial charge in [-0.2, -0.15) is 13.2 Å². The van der Waals surface area contributed by atoms with Crippen molar-refractivity contribution in [3.05, 3.63) is 89.2 Å². The van der Waals surface area contributed by atoms with Gasteiger partial charge in [0, 0.05) is 18.7 Å². The Kier molecular flexibility index (Phi) is 6.85. The minimum Gasteiger partial charge on any atom is -0.449 e. The van der Waals surface area contributed by atoms with Crippen molar-refractivity contribution in [2.75, 3.05) is 13.2 Å². The number of rotatable bonds is 7. The Morgan fingerprint density at radius 2 is 1.65 bits per heavy atom. The van der Waals surface area contributed by atoms with Crippen LogP contribution in [-0.4, -0.2) is 40.5 Å². The maximum atomic E-state index is 12.8. The zero-order valence-electron chi connectivity index (χ0n) is 18.0. The SMILES string of the molecule is O=C(NCCC(O)C(O)c1cc(C(F)(F)F)ccn1)OCC1c2ccccc2-c2ccccc21. The van der Waals surface area contributed by atoms with Crippen molar-refractivity contribution in [2.24, 2.45) is 0 Å². The van der Waals surface area contributed by atoms with Crippen LogP contribution in [0.15, 0.2) is 66.9 Å². The van der Waals surface area contributed by atoms with Crippen molar-refractivity contribution in [1.82, 2.24) is 10.3 Å². The van der Waals surface area contributed by atoms with E-state index in [0.29, 0.717) is 6.07 Å². The summed E-state index contributed by atoms with van der Waals surface area (Å²) in [5.41, 5.74) is 3.08. The number of nitrogens with one attached hydrogen (secondary N) is 1. The summed E-state index contributed by atoms with van der Waals surface area (Å²) < 4.78 is 43.9. The van der Waals surface area contributed by atoms with Gasteiger partial charge in [0.2, 0.25) is 0 Å². The maximum Gasteiger partial charge on any atom is 0.416 e. The molecule has 3 aromatic rings. The third-order valence-corrected chi connectivity index (χ3v) is 5.83. The molecule has 0 bridgehead atoms. The minimum absolute atomic E-state index is 0.0478. The predicted molar refractivity (Wildman–Crippen MR) is 118 cm³/mol. The number of carbonyl (C=O) groups excluding carboxylic acids is 1. The Morgan fingerprint density at radius 1 is 1.03 bits per heavy atom. The second-order valence-corrected chi connectivity index (χ2v) is 8.02. The number of hydrogen-bond donors (Lipinski definition) is 3. The normalized spacial score (nSPS) is 14.7. The highest BCUT2D eigenvalue weighted by molar-refractivity contribution is 5.79. The van der Waals surface area contributed by atoms with E-state index < -0.39 is 30.0 Å². The number of fused-ring (bicyclic) bond motifs is 3. The molecular formula is C25H23F3N2O4. The van der Waals surface area contributed by atoms with E-state index in [-0.39, 0.29) is 31.2 Å². The second kappa shape index (κ2) is 9.82. The molecule has 0 saturated heterocycles. The fraction of sp³-hybridized carbons (Fsp3) is 0.280. The Morgan fingerprint density at radius 3 is 2.26 bits per heavy atom. The number of carbonyl (C=O) groups is 1. The standard InChI is InChI=1S/C25H23F3N2O4/c26-25(27,28)15-9-11-29-21(13-15)23(32)22(31)10-12-30-24(33)34-14-20-18-7-3-1-5-16(18)17-6-2-4-8-19(17)20/h1-9,11,13,20,22-23,31-32H,10,12,14H2,(H,30,33). The second-order valence-electron chi connectivity index (χ2n) is 8.02. The van der Waals surface area contributed by atoms with Crippen molar-refractivity contribution in [3.63, 3.8) is 0 Å². The zero-order valence-corrected chi connectivity index (χ0v) is 18.0. The molecule has 0 spiro atoms. The molecule has 3 N–H and O–H groups in total. The Balaban J connectivity index is 1.28. The maximum absolute atomic E-state index is 12.8. The molecule has 1 aliphatic rings. The molecule has 2 unspecified atom stereocenters. The highest BCUT2D eigenvalue weighted by Crippen LogP contribution is 2.44. The Labute approximate surface area is 194 Å². The van der Waals surface area contributed by atoms with Crippen LogP contribution in [0.3, 0.4) is 0 Å². The minimum atomic E-state index is -4.59. The van der Waals surface area contributed by atoms with Gasteiger partial charge in [-0.05, 0) is 40.8 Å². The van der Waals surface area contributed by atoms with Crippen LogP contribution in [-0.2, 0) is 10.9 Å². The van der Waals surface area contributed by atoms with Crippen LogP contribution in [0.2, 0.25) is 0 Å². The van der Waals surface area contributed by atoms with Gasteiger partial charge in [-0.15, -0.1) is 0 Å². The first kappa shape index (κ1) is 23.7. The van der Waals surface area contributed by atoms with Crippen LogP contribution in [0.25, 0.3) is 11.1 Å². The molecule has 0 saturated carbocycles. The highest BCUT2D eigenvalue weighted by atomic mass is 19.4. The van der Waals surface area contributed by atoms with Crippen LogP contribution in [0.5, 0.6) is 0 Å². The molecule has 2 aromatic carbocycles. The number of ether oxygens (including phenoxy) is 1. The molecule has 1 heterocycles. The smallest absolute Gasteiger partial charge is 0.416 e. The molecule has 0 radical (unpaired) electrons. The molecule has 2 atom stereocenters. The number of amides is 1. The number of aliphatic hydroxyl groups excluding tert-OH is 2. The first-order valence-corrected chi connectivity index (χ1v) is 10.7. The lowest BCUT2D eigenvalue weighted by Gasteiger charge is -2.19. The van der Waals surface area contributed by atoms with E-state index in [0.717, 1.165) is 34.5 Å². The fourth-order valence-corrected chi connectivity index (χ4v) is 4.11. The predicted octanol–water partition coefficient (Wildman–Crippen LogP) is 4.42. The average molecular weight is 472 g/mol. The molecular weight excluding hydrogens is 449 g/mol. The third-order valence-electron chi connectivity index (χ3n) is 5.83. The van der Waals surface area contributed by atoms with Gasteiger partial charge in [0.15, 0.2) is 0 Å². The van der Waals surface area contributed by atoms with E-state index >= 15 is 0 Å². The Bertz CT molecular complexity index is 1120. The molecule has 0 aliphatic heterocycles. The van der Waals surface area contributed by atoms with Gasteiger partial charge in [0.05, 0.1) is 17.4 Å². The van der Waals surface area contributed by atoms with Gasteiger partial charge in [0.25, 0.3) is 0 Å². The number of benzene rings is 2. The number of aliphatic hydroxyl groups is 2. The lowest BCUT2D eigenvalue weighted by molar-refractivity contribution is -0.137. The number of alkyl halides is 3. The topological polar surface area (TPSA) is 91.7 Å². The summed E-state index contributed by atoms with van der Waals surface area (Å²) in [5, 5.41) is 22.8. The monoisotopic (exact) mass is 472 g/mol. The van der Waals surface area contributed by atoms with Crippen molar-refractivity contribution in [3.8, 4) is 11.1 Å². The summed E-state index contributed by atoms with van der Waals surface area (Å²) in [6.45, 7) is 0.0764. The van der Waals surface area contributed by atoms with Crippen molar-refractivity contribution in [1.29, 1.82) is 0 Å². The van der Waals surface area contributed by atoms with Gasteiger partial charge >= 0.3 is 12.3 Å². The van der Waals surface area contributed by atoms with Crippen LogP contribution >= 0.6 is 0 Å². The number of alkyl carbamates (subject to hydrolysis) is 1. The molecule has 9 heteroatoms. The summed E-state index contributed by atoms with van der Waals surface area (Å²) in [4.78, 5) is 15.9. The lowest BCUT2D eigenvalue weighted by atomic mass is 9.98. The molecule has 0 fully saturated rings. The lowest BCUT2D eigenvalue weighted by Crippen LogP contribution is -2.31. The summed E-state index contributed by atoms with van der Waals surface area (Å²) in [7, 11) is 0. The third kappa shape index (κ3) is 5.05. The van der Waals surface area contributed by atoms with Gasteiger partial charge < -0.3 is 20.3 Å². The highest BCUT2D eigenvalue weighted by Gasteiger charge is 2.32. The molecule has 1 aliphatic carbocycles. The quantitative estimate of drug-likeness (QED) is 0.474. The number of aromatic nitrogens is 1. The van der Waals surface area contributed by atoms with Crippen LogP contribution in [0, 0.1) is 0 Å². The fourth-order valence-electron chi connectivity index (χ4n) is 4.11. The first-order chi connectivity index (χ1) is 16.3. The molecule has 4 rings (SSSR count). The van der Waals surface area contributed by atoms with E-state index in [1.165, 1.54) is 0 Å². The van der Waals surface area contributed by atoms with Crippen LogP contribution in [0.1, 0.15) is 40.8 Å². The summed E-state index contributed by atoms with van der Waals surface area (Å²) in [5.74, 6) is -0.0995. The molecule has 34 heavy (non-hydrogen) atoms. The first-order valence-electron chi connectivity index (χ1n) is 10.7. The van der Waals surface area contributed by atoms with Crippen molar-refractivity contribution in [2.45, 2.75) is 30.7 Å². The van der Waals surface area contributed by atoms with E-state index in [4.69, 9.17) is 4.74 Å². The molecule has 178 valence electrons. The van der Waals surface area contributed by atoms with Crippen LogP contribution < -0.4 is 5.32 Å². The molecule has 6 nitrogen and oxygen atoms in total. The van der Waals surface area contributed by atoms with Gasteiger partial charge in [-0.3, -0.25) is 4.98 Å². The number of nitrogens with zero attached hydrogens (tertiary/aromatic N) is 1. The summed E-state index contributed by atoms with van der Waals surface area (Å²) in [6, 6.07) is 17.3. The van der Waals surface area contributed by atoms with Crippen LogP contribution in [0.4, 0.5) is 18.0 Å². The average Bonchev–Trinajstić information content (AvgIpc) is 3.15. The van der Waals surface area contributed by atoms with E-state index in [9.17, 15) is 28.2 Å². The van der Waals surface area contributed by atoms with Gasteiger partial charge in [-0.25, -0.2) is 4.79 Å². The summed E-state index contributed by atoms with van der Waals surface area (Å²) in [6.07, 6.45) is -7.53. The number of halogens is 3. The number of hydrogen-bond acceptors (Lipinski definition) is 5. The zero-order chi connectivity index (χ0) is 24.3. The largest absolute Gasteiger partial charge is 0.449 e. The van der Waals surface area contributed by atoms with E-state index in [1.807, 2.05) is 48.5 Å². The molecule has 1 amide bonds. The van der Waals surface area contributed by atoms with Crippen molar-refractivity contribution < 1.29 is 32.9 Å². The van der Waals surface area contributed by atoms with E-state index in [2.05, 4.69) is 10.3 Å². The molecule has 1 aromatic heterocycles. The Hall–Kier alpha value is -3.43. The summed E-state index contributed by atoms with van der Waals surface area (Å²) >= 11 is 0. The van der Waals surface area contributed by atoms with Crippen molar-refractivity contribution >= 4 is 6.09 Å².